The van der Waals surface area contributed by atoms with E-state index in [9.17, 15) is 0 Å². The van der Waals surface area contributed by atoms with Crippen LogP contribution in [0.25, 0.3) is 0 Å². The maximum atomic E-state index is 6.08. The number of ether oxygens (including phenoxy) is 1. The molecule has 21 heavy (non-hydrogen) atoms. The van der Waals surface area contributed by atoms with Crippen LogP contribution in [0.3, 0.4) is 0 Å². The molecule has 3 heteroatoms. The maximum Gasteiger partial charge on any atom is 0.0980 e. The molecule has 0 bridgehead atoms. The Morgan fingerprint density at radius 1 is 1.10 bits per heavy atom. The van der Waals surface area contributed by atoms with E-state index in [0.29, 0.717) is 6.61 Å². The first-order chi connectivity index (χ1) is 10.2. The van der Waals surface area contributed by atoms with Crippen LogP contribution < -0.4 is 5.32 Å². The van der Waals surface area contributed by atoms with E-state index in [1.165, 1.54) is 11.1 Å². The molecule has 0 heterocycles. The van der Waals surface area contributed by atoms with E-state index in [1.807, 2.05) is 50.4 Å². The average molecular weight is 304 g/mol. The van der Waals surface area contributed by atoms with Crippen molar-refractivity contribution in [2.24, 2.45) is 0 Å². The molecule has 2 atom stereocenters. The van der Waals surface area contributed by atoms with Gasteiger partial charge in [0, 0.05) is 17.7 Å². The predicted octanol–water partition coefficient (Wildman–Crippen LogP) is 4.25. The highest BCUT2D eigenvalue weighted by Gasteiger charge is 2.22. The molecule has 1 N–H and O–H groups in total. The normalized spacial score (nSPS) is 13.9. The zero-order chi connectivity index (χ0) is 15.1. The summed E-state index contributed by atoms with van der Waals surface area (Å²) in [5.41, 5.74) is 2.41. The van der Waals surface area contributed by atoms with Crippen molar-refractivity contribution in [3.8, 4) is 0 Å². The summed E-state index contributed by atoms with van der Waals surface area (Å²) in [7, 11) is 1.98. The molecular weight excluding hydrogens is 282 g/mol. The lowest BCUT2D eigenvalue weighted by atomic mass is 9.96. The Morgan fingerprint density at radius 2 is 1.86 bits per heavy atom. The third kappa shape index (κ3) is 4.57. The molecule has 0 aliphatic rings. The zero-order valence-electron chi connectivity index (χ0n) is 12.6. The zero-order valence-corrected chi connectivity index (χ0v) is 13.3. The Kier molecular flexibility index (Phi) is 6.24. The van der Waals surface area contributed by atoms with E-state index < -0.39 is 0 Å². The van der Waals surface area contributed by atoms with Gasteiger partial charge in [0.2, 0.25) is 0 Å². The minimum Gasteiger partial charge on any atom is -0.372 e. The van der Waals surface area contributed by atoms with Crippen LogP contribution in [-0.2, 0) is 11.2 Å². The molecule has 2 aromatic carbocycles. The predicted molar refractivity (Wildman–Crippen MR) is 88.8 cm³/mol. The monoisotopic (exact) mass is 303 g/mol. The molecule has 0 fully saturated rings. The molecule has 0 aromatic heterocycles. The van der Waals surface area contributed by atoms with Gasteiger partial charge in [-0.05, 0) is 43.7 Å². The first-order valence-electron chi connectivity index (χ1n) is 7.33. The molecule has 2 aromatic rings. The molecular formula is C18H22ClNO. The van der Waals surface area contributed by atoms with Gasteiger partial charge >= 0.3 is 0 Å². The number of hydrogen-bond donors (Lipinski definition) is 1. The van der Waals surface area contributed by atoms with Gasteiger partial charge in [-0.3, -0.25) is 0 Å². The minimum atomic E-state index is 0.0279. The lowest BCUT2D eigenvalue weighted by Crippen LogP contribution is -2.35. The van der Waals surface area contributed by atoms with Gasteiger partial charge in [0.05, 0.1) is 6.10 Å². The third-order valence-corrected chi connectivity index (χ3v) is 3.79. The molecule has 0 amide bonds. The Bertz CT molecular complexity index is 544. The van der Waals surface area contributed by atoms with Crippen molar-refractivity contribution < 1.29 is 4.74 Å². The van der Waals surface area contributed by atoms with Crippen molar-refractivity contribution in [1.29, 1.82) is 0 Å². The van der Waals surface area contributed by atoms with Crippen molar-refractivity contribution in [3.63, 3.8) is 0 Å². The fraction of sp³-hybridized carbons (Fsp3) is 0.333. The van der Waals surface area contributed by atoms with E-state index >= 15 is 0 Å². The third-order valence-electron chi connectivity index (χ3n) is 3.56. The Hall–Kier alpha value is -1.35. The summed E-state index contributed by atoms with van der Waals surface area (Å²) in [6.45, 7) is 2.72. The van der Waals surface area contributed by atoms with E-state index in [0.717, 1.165) is 11.4 Å². The SMILES string of the molecule is CCOC(c1ccccc1)C(Cc1cccc(Cl)c1)NC. The van der Waals surface area contributed by atoms with Gasteiger partial charge < -0.3 is 10.1 Å². The van der Waals surface area contributed by atoms with Gasteiger partial charge in [-0.1, -0.05) is 54.1 Å². The highest BCUT2D eigenvalue weighted by molar-refractivity contribution is 6.30. The van der Waals surface area contributed by atoms with E-state index in [2.05, 4.69) is 23.5 Å². The smallest absolute Gasteiger partial charge is 0.0980 e. The van der Waals surface area contributed by atoms with Crippen LogP contribution >= 0.6 is 11.6 Å². The van der Waals surface area contributed by atoms with E-state index in [-0.39, 0.29) is 12.1 Å². The van der Waals surface area contributed by atoms with E-state index in [4.69, 9.17) is 16.3 Å². The van der Waals surface area contributed by atoms with Crippen molar-refractivity contribution in [2.75, 3.05) is 13.7 Å². The molecule has 0 spiro atoms. The van der Waals surface area contributed by atoms with E-state index in [1.54, 1.807) is 0 Å². The topological polar surface area (TPSA) is 21.3 Å². The van der Waals surface area contributed by atoms with Crippen molar-refractivity contribution in [2.45, 2.75) is 25.5 Å². The quantitative estimate of drug-likeness (QED) is 0.825. The molecule has 112 valence electrons. The Labute approximate surface area is 132 Å². The summed E-state index contributed by atoms with van der Waals surface area (Å²) in [5, 5.41) is 4.16. The van der Waals surface area contributed by atoms with Crippen LogP contribution in [0.15, 0.2) is 54.6 Å². The summed E-state index contributed by atoms with van der Waals surface area (Å²) in [6, 6.07) is 18.6. The molecule has 0 saturated heterocycles. The molecule has 0 aliphatic carbocycles. The lowest BCUT2D eigenvalue weighted by molar-refractivity contribution is 0.0352. The lowest BCUT2D eigenvalue weighted by Gasteiger charge is -2.27. The summed E-state index contributed by atoms with van der Waals surface area (Å²) < 4.78 is 5.99. The molecule has 0 radical (unpaired) electrons. The van der Waals surface area contributed by atoms with Gasteiger partial charge in [-0.15, -0.1) is 0 Å². The molecule has 2 unspecified atom stereocenters. The van der Waals surface area contributed by atoms with Crippen molar-refractivity contribution in [3.05, 3.63) is 70.7 Å². The first-order valence-corrected chi connectivity index (χ1v) is 7.70. The Balaban J connectivity index is 2.20. The van der Waals surface area contributed by atoms with Gasteiger partial charge in [0.25, 0.3) is 0 Å². The van der Waals surface area contributed by atoms with Gasteiger partial charge in [-0.25, -0.2) is 0 Å². The summed E-state index contributed by atoms with van der Waals surface area (Å²) >= 11 is 6.08. The second-order valence-corrected chi connectivity index (χ2v) is 5.45. The van der Waals surface area contributed by atoms with Crippen LogP contribution in [0.1, 0.15) is 24.2 Å². The maximum absolute atomic E-state index is 6.08. The summed E-state index contributed by atoms with van der Waals surface area (Å²) in [4.78, 5) is 0. The highest BCUT2D eigenvalue weighted by atomic mass is 35.5. The number of benzene rings is 2. The number of nitrogens with one attached hydrogen (secondary N) is 1. The van der Waals surface area contributed by atoms with Crippen molar-refractivity contribution >= 4 is 11.6 Å². The fourth-order valence-corrected chi connectivity index (χ4v) is 2.76. The van der Waals surface area contributed by atoms with Crippen molar-refractivity contribution in [1.82, 2.24) is 5.32 Å². The highest BCUT2D eigenvalue weighted by Crippen LogP contribution is 2.24. The number of hydrogen-bond acceptors (Lipinski definition) is 2. The van der Waals surface area contributed by atoms with Crippen LogP contribution in [0.2, 0.25) is 5.02 Å². The standard InChI is InChI=1S/C18H22ClNO/c1-3-21-18(15-9-5-4-6-10-15)17(20-2)13-14-8-7-11-16(19)12-14/h4-12,17-18,20H,3,13H2,1-2H3. The molecule has 0 saturated carbocycles. The largest absolute Gasteiger partial charge is 0.372 e. The number of likely N-dealkylation sites (N-methyl/N-ethyl adjacent to an activating group) is 1. The molecule has 0 aliphatic heterocycles. The van der Waals surface area contributed by atoms with Crippen LogP contribution in [0.4, 0.5) is 0 Å². The second kappa shape index (κ2) is 8.18. The minimum absolute atomic E-state index is 0.0279. The first kappa shape index (κ1) is 16.0. The summed E-state index contributed by atoms with van der Waals surface area (Å²) in [5.74, 6) is 0. The van der Waals surface area contributed by atoms with Crippen LogP contribution in [0.5, 0.6) is 0 Å². The molecule has 2 nitrogen and oxygen atoms in total. The fourth-order valence-electron chi connectivity index (χ4n) is 2.55. The summed E-state index contributed by atoms with van der Waals surface area (Å²) in [6.07, 6.45) is 0.900. The number of halogens is 1. The van der Waals surface area contributed by atoms with Gasteiger partial charge in [0.15, 0.2) is 0 Å². The average Bonchev–Trinajstić information content (AvgIpc) is 2.51. The number of rotatable bonds is 7. The van der Waals surface area contributed by atoms with Gasteiger partial charge in [-0.2, -0.15) is 0 Å². The second-order valence-electron chi connectivity index (χ2n) is 5.02. The van der Waals surface area contributed by atoms with Gasteiger partial charge in [0.1, 0.15) is 0 Å². The molecule has 2 rings (SSSR count). The van der Waals surface area contributed by atoms with Crippen LogP contribution in [-0.4, -0.2) is 19.7 Å². The Morgan fingerprint density at radius 3 is 2.48 bits per heavy atom. The van der Waals surface area contributed by atoms with Crippen LogP contribution in [0, 0.1) is 0 Å².